The van der Waals surface area contributed by atoms with E-state index in [1.807, 2.05) is 0 Å². The van der Waals surface area contributed by atoms with Crippen LogP contribution in [0.1, 0.15) is 36.8 Å². The van der Waals surface area contributed by atoms with Crippen LogP contribution >= 0.6 is 0 Å². The molecule has 0 unspecified atom stereocenters. The van der Waals surface area contributed by atoms with Crippen molar-refractivity contribution in [1.82, 2.24) is 0 Å². The fraction of sp³-hybridized carbons (Fsp3) is 0.600. The molecule has 1 aromatic rings. The van der Waals surface area contributed by atoms with Crippen LogP contribution in [0.5, 0.6) is 0 Å². The summed E-state index contributed by atoms with van der Waals surface area (Å²) in [6.45, 7) is 2.51. The second kappa shape index (κ2) is 4.69. The second-order valence-corrected chi connectivity index (χ2v) is 5.43. The predicted octanol–water partition coefficient (Wildman–Crippen LogP) is 2.73. The van der Waals surface area contributed by atoms with Gasteiger partial charge in [-0.05, 0) is 30.7 Å². The second-order valence-electron chi connectivity index (χ2n) is 5.43. The standard InChI is InChI=1S/C15H21NO/c17-11-14-7-3-6-13-8-9-16(15(13)14)10-12-4-1-2-5-12/h3,6-7,12,17H,1-2,4-5,8-11H2. The predicted molar refractivity (Wildman–Crippen MR) is 70.2 cm³/mol. The van der Waals surface area contributed by atoms with Crippen molar-refractivity contribution in [2.45, 2.75) is 38.7 Å². The fourth-order valence-corrected chi connectivity index (χ4v) is 3.43. The van der Waals surface area contributed by atoms with E-state index in [4.69, 9.17) is 0 Å². The molecule has 1 heterocycles. The molecule has 92 valence electrons. The van der Waals surface area contributed by atoms with E-state index < -0.39 is 0 Å². The molecule has 1 aromatic carbocycles. The highest BCUT2D eigenvalue weighted by atomic mass is 16.3. The van der Waals surface area contributed by atoms with Crippen LogP contribution in [0.25, 0.3) is 0 Å². The largest absolute Gasteiger partial charge is 0.392 e. The van der Waals surface area contributed by atoms with Crippen LogP contribution in [0.15, 0.2) is 18.2 Å². The Kier molecular flexibility index (Phi) is 3.06. The third kappa shape index (κ3) is 2.06. The Balaban J connectivity index is 1.81. The van der Waals surface area contributed by atoms with E-state index in [1.54, 1.807) is 0 Å². The molecule has 0 spiro atoms. The van der Waals surface area contributed by atoms with Gasteiger partial charge in [0.2, 0.25) is 0 Å². The number of benzene rings is 1. The summed E-state index contributed by atoms with van der Waals surface area (Å²) in [7, 11) is 0. The number of para-hydroxylation sites is 1. The van der Waals surface area contributed by atoms with Crippen molar-refractivity contribution in [2.75, 3.05) is 18.0 Å². The van der Waals surface area contributed by atoms with Gasteiger partial charge in [0.05, 0.1) is 6.61 Å². The van der Waals surface area contributed by atoms with E-state index in [2.05, 4.69) is 23.1 Å². The molecule has 1 aliphatic heterocycles. The summed E-state index contributed by atoms with van der Waals surface area (Å²) < 4.78 is 0. The van der Waals surface area contributed by atoms with E-state index in [9.17, 15) is 5.11 Å². The van der Waals surface area contributed by atoms with Crippen molar-refractivity contribution < 1.29 is 5.11 Å². The molecule has 0 aromatic heterocycles. The maximum atomic E-state index is 9.45. The summed E-state index contributed by atoms with van der Waals surface area (Å²) in [6, 6.07) is 6.35. The number of hydrogen-bond acceptors (Lipinski definition) is 2. The van der Waals surface area contributed by atoms with Crippen molar-refractivity contribution in [3.05, 3.63) is 29.3 Å². The minimum atomic E-state index is 0.171. The van der Waals surface area contributed by atoms with Gasteiger partial charge in [-0.25, -0.2) is 0 Å². The van der Waals surface area contributed by atoms with Gasteiger partial charge in [-0.1, -0.05) is 31.0 Å². The van der Waals surface area contributed by atoms with Crippen LogP contribution in [0.2, 0.25) is 0 Å². The van der Waals surface area contributed by atoms with Crippen LogP contribution in [0.4, 0.5) is 5.69 Å². The lowest BCUT2D eigenvalue weighted by Gasteiger charge is -2.25. The molecule has 2 heteroatoms. The number of rotatable bonds is 3. The van der Waals surface area contributed by atoms with E-state index in [0.29, 0.717) is 0 Å². The van der Waals surface area contributed by atoms with Gasteiger partial charge in [0, 0.05) is 24.3 Å². The lowest BCUT2D eigenvalue weighted by molar-refractivity contribution is 0.282. The normalized spacial score (nSPS) is 19.9. The Bertz CT molecular complexity index is 396. The minimum Gasteiger partial charge on any atom is -0.392 e. The Hall–Kier alpha value is -1.02. The number of fused-ring (bicyclic) bond motifs is 1. The molecule has 1 aliphatic carbocycles. The van der Waals surface area contributed by atoms with Crippen molar-refractivity contribution in [1.29, 1.82) is 0 Å². The molecule has 0 amide bonds. The van der Waals surface area contributed by atoms with Crippen molar-refractivity contribution in [2.24, 2.45) is 5.92 Å². The number of aliphatic hydroxyl groups is 1. The van der Waals surface area contributed by atoms with E-state index in [0.717, 1.165) is 24.4 Å². The summed E-state index contributed by atoms with van der Waals surface area (Å²) in [5.41, 5.74) is 3.87. The smallest absolute Gasteiger partial charge is 0.0702 e. The molecule has 0 bridgehead atoms. The van der Waals surface area contributed by atoms with Crippen molar-refractivity contribution >= 4 is 5.69 Å². The molecular formula is C15H21NO. The first-order valence-electron chi connectivity index (χ1n) is 6.85. The summed E-state index contributed by atoms with van der Waals surface area (Å²) >= 11 is 0. The zero-order valence-electron chi connectivity index (χ0n) is 10.4. The van der Waals surface area contributed by atoms with Gasteiger partial charge >= 0.3 is 0 Å². The molecule has 0 saturated heterocycles. The van der Waals surface area contributed by atoms with Crippen LogP contribution in [-0.4, -0.2) is 18.2 Å². The third-order valence-corrected chi connectivity index (χ3v) is 4.29. The molecule has 1 N–H and O–H groups in total. The van der Waals surface area contributed by atoms with Gasteiger partial charge < -0.3 is 10.0 Å². The summed E-state index contributed by atoms with van der Waals surface area (Å²) in [4.78, 5) is 2.51. The van der Waals surface area contributed by atoms with Gasteiger partial charge in [-0.3, -0.25) is 0 Å². The van der Waals surface area contributed by atoms with Gasteiger partial charge in [-0.15, -0.1) is 0 Å². The number of hydrogen-bond donors (Lipinski definition) is 1. The summed E-state index contributed by atoms with van der Waals surface area (Å²) in [6.07, 6.45) is 6.76. The van der Waals surface area contributed by atoms with Gasteiger partial charge in [0.15, 0.2) is 0 Å². The number of nitrogens with zero attached hydrogens (tertiary/aromatic N) is 1. The molecular weight excluding hydrogens is 210 g/mol. The monoisotopic (exact) mass is 231 g/mol. The third-order valence-electron chi connectivity index (χ3n) is 4.29. The molecule has 17 heavy (non-hydrogen) atoms. The van der Waals surface area contributed by atoms with Gasteiger partial charge in [-0.2, -0.15) is 0 Å². The molecule has 1 fully saturated rings. The number of aliphatic hydroxyl groups excluding tert-OH is 1. The highest BCUT2D eigenvalue weighted by Crippen LogP contribution is 2.35. The minimum absolute atomic E-state index is 0.171. The Morgan fingerprint density at radius 1 is 1.24 bits per heavy atom. The molecule has 3 rings (SSSR count). The Morgan fingerprint density at radius 3 is 2.82 bits per heavy atom. The number of anilines is 1. The highest BCUT2D eigenvalue weighted by Gasteiger charge is 2.25. The van der Waals surface area contributed by atoms with E-state index in [-0.39, 0.29) is 6.61 Å². The average molecular weight is 231 g/mol. The zero-order chi connectivity index (χ0) is 11.7. The Morgan fingerprint density at radius 2 is 2.06 bits per heavy atom. The summed E-state index contributed by atoms with van der Waals surface area (Å²) in [5, 5.41) is 9.45. The van der Waals surface area contributed by atoms with Crippen LogP contribution < -0.4 is 4.90 Å². The lowest BCUT2D eigenvalue weighted by Crippen LogP contribution is -2.27. The first-order chi connectivity index (χ1) is 8.38. The van der Waals surface area contributed by atoms with E-state index >= 15 is 0 Å². The lowest BCUT2D eigenvalue weighted by atomic mass is 10.1. The average Bonchev–Trinajstić information content (AvgIpc) is 2.99. The summed E-state index contributed by atoms with van der Waals surface area (Å²) in [5.74, 6) is 0.882. The SMILES string of the molecule is OCc1cccc2c1N(CC1CCCC1)CC2. The zero-order valence-corrected chi connectivity index (χ0v) is 10.4. The molecule has 0 atom stereocenters. The quantitative estimate of drug-likeness (QED) is 0.864. The Labute approximate surface area is 103 Å². The first-order valence-corrected chi connectivity index (χ1v) is 6.85. The van der Waals surface area contributed by atoms with Crippen LogP contribution in [-0.2, 0) is 13.0 Å². The topological polar surface area (TPSA) is 23.5 Å². The van der Waals surface area contributed by atoms with Crippen LogP contribution in [0.3, 0.4) is 0 Å². The first kappa shape index (κ1) is 11.1. The molecule has 2 aliphatic rings. The van der Waals surface area contributed by atoms with Crippen molar-refractivity contribution in [3.63, 3.8) is 0 Å². The van der Waals surface area contributed by atoms with Crippen molar-refractivity contribution in [3.8, 4) is 0 Å². The molecule has 2 nitrogen and oxygen atoms in total. The maximum Gasteiger partial charge on any atom is 0.0702 e. The molecule has 1 saturated carbocycles. The van der Waals surface area contributed by atoms with Crippen LogP contribution in [0, 0.1) is 5.92 Å². The maximum absolute atomic E-state index is 9.45. The fourth-order valence-electron chi connectivity index (χ4n) is 3.43. The van der Waals surface area contributed by atoms with E-state index in [1.165, 1.54) is 43.5 Å². The van der Waals surface area contributed by atoms with Gasteiger partial charge in [0.1, 0.15) is 0 Å². The highest BCUT2D eigenvalue weighted by molar-refractivity contribution is 5.63. The molecule has 0 radical (unpaired) electrons. The van der Waals surface area contributed by atoms with Gasteiger partial charge in [0.25, 0.3) is 0 Å².